The molecule has 2 aromatic rings. The van der Waals surface area contributed by atoms with E-state index < -0.39 is 10.0 Å². The molecular formula is C25H29N3O6S. The molecule has 5 rings (SSSR count). The SMILES string of the molecule is O=C(NC1CC1)C1CCCN(C(=O)c2ccc(NS(=O)(=O)c3ccc4c(c3)OCCCO4)cc2)C1. The maximum atomic E-state index is 13.0. The van der Waals surface area contributed by atoms with Crippen LogP contribution in [0.25, 0.3) is 0 Å². The summed E-state index contributed by atoms with van der Waals surface area (Å²) in [6, 6.07) is 11.1. The minimum atomic E-state index is -3.86. The summed E-state index contributed by atoms with van der Waals surface area (Å²) in [5.74, 6) is 0.608. The molecule has 1 unspecified atom stereocenters. The fourth-order valence-corrected chi connectivity index (χ4v) is 5.38. The monoisotopic (exact) mass is 499 g/mol. The van der Waals surface area contributed by atoms with Gasteiger partial charge in [0.25, 0.3) is 15.9 Å². The molecule has 2 aromatic carbocycles. The van der Waals surface area contributed by atoms with Gasteiger partial charge in [-0.25, -0.2) is 8.42 Å². The van der Waals surface area contributed by atoms with Gasteiger partial charge in [0.1, 0.15) is 0 Å². The Labute approximate surface area is 204 Å². The second kappa shape index (κ2) is 9.77. The Morgan fingerprint density at radius 3 is 2.40 bits per heavy atom. The molecule has 186 valence electrons. The first-order valence-electron chi connectivity index (χ1n) is 12.0. The molecule has 10 heteroatoms. The zero-order valence-electron chi connectivity index (χ0n) is 19.4. The lowest BCUT2D eigenvalue weighted by molar-refractivity contribution is -0.126. The van der Waals surface area contributed by atoms with Gasteiger partial charge >= 0.3 is 0 Å². The van der Waals surface area contributed by atoms with Gasteiger partial charge in [0, 0.05) is 42.9 Å². The van der Waals surface area contributed by atoms with Crippen molar-refractivity contribution in [2.45, 2.75) is 43.0 Å². The average Bonchev–Trinajstić information content (AvgIpc) is 3.70. The number of benzene rings is 2. The van der Waals surface area contributed by atoms with E-state index in [1.807, 2.05) is 0 Å². The maximum Gasteiger partial charge on any atom is 0.262 e. The number of nitrogens with zero attached hydrogens (tertiary/aromatic N) is 1. The Hall–Kier alpha value is -3.27. The number of nitrogens with one attached hydrogen (secondary N) is 2. The number of carbonyl (C=O) groups is 2. The molecule has 0 spiro atoms. The predicted molar refractivity (Wildman–Crippen MR) is 129 cm³/mol. The van der Waals surface area contributed by atoms with Gasteiger partial charge in [0.15, 0.2) is 11.5 Å². The molecular weight excluding hydrogens is 470 g/mol. The highest BCUT2D eigenvalue weighted by atomic mass is 32.2. The molecule has 2 aliphatic heterocycles. The fraction of sp³-hybridized carbons (Fsp3) is 0.440. The molecule has 1 saturated heterocycles. The standard InChI is InChI=1S/C25H29N3O6S/c29-24(26-19-8-9-19)18-3-1-12-28(16-18)25(30)17-4-6-20(7-5-17)27-35(31,32)21-10-11-22-23(15-21)34-14-2-13-33-22/h4-7,10-11,15,18-19,27H,1-3,8-9,12-14,16H2,(H,26,29). The Morgan fingerprint density at radius 2 is 1.66 bits per heavy atom. The quantitative estimate of drug-likeness (QED) is 0.632. The van der Waals surface area contributed by atoms with Crippen molar-refractivity contribution in [3.05, 3.63) is 48.0 Å². The molecule has 35 heavy (non-hydrogen) atoms. The number of likely N-dealkylation sites (tertiary alicyclic amines) is 1. The molecule has 0 bridgehead atoms. The lowest BCUT2D eigenvalue weighted by Crippen LogP contribution is -2.45. The molecule has 2 amide bonds. The number of anilines is 1. The number of amides is 2. The van der Waals surface area contributed by atoms with E-state index in [-0.39, 0.29) is 22.6 Å². The second-order valence-corrected chi connectivity index (χ2v) is 10.9. The number of piperidine rings is 1. The molecule has 0 aromatic heterocycles. The first-order valence-corrected chi connectivity index (χ1v) is 13.5. The van der Waals surface area contributed by atoms with Crippen molar-refractivity contribution in [1.82, 2.24) is 10.2 Å². The molecule has 1 aliphatic carbocycles. The number of hydrogen-bond acceptors (Lipinski definition) is 6. The molecule has 3 aliphatic rings. The smallest absolute Gasteiger partial charge is 0.262 e. The van der Waals surface area contributed by atoms with Crippen LogP contribution < -0.4 is 19.5 Å². The highest BCUT2D eigenvalue weighted by molar-refractivity contribution is 7.92. The molecule has 2 fully saturated rings. The van der Waals surface area contributed by atoms with Gasteiger partial charge in [0.2, 0.25) is 5.91 Å². The normalized spacial score (nSPS) is 20.0. The van der Waals surface area contributed by atoms with E-state index in [4.69, 9.17) is 9.47 Å². The second-order valence-electron chi connectivity index (χ2n) is 9.22. The van der Waals surface area contributed by atoms with E-state index in [1.165, 1.54) is 12.1 Å². The lowest BCUT2D eigenvalue weighted by Gasteiger charge is -2.32. The lowest BCUT2D eigenvalue weighted by atomic mass is 9.96. The van der Waals surface area contributed by atoms with Crippen molar-refractivity contribution in [1.29, 1.82) is 0 Å². The number of fused-ring (bicyclic) bond motifs is 1. The fourth-order valence-electron chi connectivity index (χ4n) is 4.31. The summed E-state index contributed by atoms with van der Waals surface area (Å²) < 4.78 is 39.5. The first kappa shape index (κ1) is 23.5. The number of ether oxygens (including phenoxy) is 2. The zero-order valence-corrected chi connectivity index (χ0v) is 20.2. The number of carbonyl (C=O) groups excluding carboxylic acids is 2. The van der Waals surface area contributed by atoms with Crippen LogP contribution >= 0.6 is 0 Å². The largest absolute Gasteiger partial charge is 0.490 e. The molecule has 1 atom stereocenters. The number of rotatable bonds is 6. The Kier molecular flexibility index (Phi) is 6.55. The molecule has 1 saturated carbocycles. The summed E-state index contributed by atoms with van der Waals surface area (Å²) in [5.41, 5.74) is 0.792. The van der Waals surface area contributed by atoms with Crippen LogP contribution in [-0.2, 0) is 14.8 Å². The topological polar surface area (TPSA) is 114 Å². The summed E-state index contributed by atoms with van der Waals surface area (Å²) >= 11 is 0. The third-order valence-electron chi connectivity index (χ3n) is 6.42. The Bertz CT molecular complexity index is 1210. The van der Waals surface area contributed by atoms with Gasteiger partial charge in [-0.2, -0.15) is 0 Å². The van der Waals surface area contributed by atoms with Crippen LogP contribution in [0.3, 0.4) is 0 Å². The van der Waals surface area contributed by atoms with Gasteiger partial charge < -0.3 is 19.7 Å². The molecule has 0 radical (unpaired) electrons. The third-order valence-corrected chi connectivity index (χ3v) is 7.80. The van der Waals surface area contributed by atoms with Crippen LogP contribution in [-0.4, -0.2) is 57.5 Å². The first-order chi connectivity index (χ1) is 16.9. The van der Waals surface area contributed by atoms with Crippen LogP contribution in [0.1, 0.15) is 42.5 Å². The zero-order chi connectivity index (χ0) is 24.4. The van der Waals surface area contributed by atoms with Crippen molar-refractivity contribution >= 4 is 27.5 Å². The summed E-state index contributed by atoms with van der Waals surface area (Å²) in [4.78, 5) is 27.2. The van der Waals surface area contributed by atoms with E-state index in [0.29, 0.717) is 55.1 Å². The molecule has 2 heterocycles. The van der Waals surface area contributed by atoms with Crippen molar-refractivity contribution in [3.8, 4) is 11.5 Å². The van der Waals surface area contributed by atoms with E-state index in [9.17, 15) is 18.0 Å². The Morgan fingerprint density at radius 1 is 0.914 bits per heavy atom. The van der Waals surface area contributed by atoms with Crippen LogP contribution in [0.15, 0.2) is 47.4 Å². The van der Waals surface area contributed by atoms with Gasteiger partial charge in [-0.05, 0) is 62.1 Å². The molecule has 9 nitrogen and oxygen atoms in total. The van der Waals surface area contributed by atoms with Gasteiger partial charge in [-0.1, -0.05) is 0 Å². The highest BCUT2D eigenvalue weighted by Gasteiger charge is 2.32. The van der Waals surface area contributed by atoms with Gasteiger partial charge in [-0.15, -0.1) is 0 Å². The van der Waals surface area contributed by atoms with Crippen molar-refractivity contribution in [2.75, 3.05) is 31.0 Å². The van der Waals surface area contributed by atoms with Crippen molar-refractivity contribution in [3.63, 3.8) is 0 Å². The average molecular weight is 500 g/mol. The van der Waals surface area contributed by atoms with Gasteiger partial charge in [0.05, 0.1) is 24.0 Å². The van der Waals surface area contributed by atoms with Crippen LogP contribution in [0.4, 0.5) is 5.69 Å². The highest BCUT2D eigenvalue weighted by Crippen LogP contribution is 2.32. The minimum absolute atomic E-state index is 0.0320. The molecule has 2 N–H and O–H groups in total. The van der Waals surface area contributed by atoms with Crippen LogP contribution in [0, 0.1) is 5.92 Å². The van der Waals surface area contributed by atoms with Crippen molar-refractivity contribution < 1.29 is 27.5 Å². The number of sulfonamides is 1. The van der Waals surface area contributed by atoms with E-state index in [2.05, 4.69) is 10.0 Å². The minimum Gasteiger partial charge on any atom is -0.490 e. The van der Waals surface area contributed by atoms with Crippen LogP contribution in [0.2, 0.25) is 0 Å². The summed E-state index contributed by atoms with van der Waals surface area (Å²) in [7, 11) is -3.86. The van der Waals surface area contributed by atoms with Crippen molar-refractivity contribution in [2.24, 2.45) is 5.92 Å². The number of hydrogen-bond donors (Lipinski definition) is 2. The maximum absolute atomic E-state index is 13.0. The third kappa shape index (κ3) is 5.53. The van der Waals surface area contributed by atoms with E-state index in [0.717, 1.165) is 32.1 Å². The summed E-state index contributed by atoms with van der Waals surface area (Å²) in [6.07, 6.45) is 4.36. The van der Waals surface area contributed by atoms with E-state index >= 15 is 0 Å². The summed E-state index contributed by atoms with van der Waals surface area (Å²) in [6.45, 7) is 1.98. The predicted octanol–water partition coefficient (Wildman–Crippen LogP) is 2.78. The van der Waals surface area contributed by atoms with Gasteiger partial charge in [-0.3, -0.25) is 14.3 Å². The summed E-state index contributed by atoms with van der Waals surface area (Å²) in [5, 5.41) is 3.03. The van der Waals surface area contributed by atoms with E-state index in [1.54, 1.807) is 35.2 Å². The van der Waals surface area contributed by atoms with Crippen LogP contribution in [0.5, 0.6) is 11.5 Å². The Balaban J connectivity index is 1.23.